The Morgan fingerprint density at radius 1 is 1.25 bits per heavy atom. The topological polar surface area (TPSA) is 68.1 Å². The molecule has 0 saturated heterocycles. The number of hydrogen-bond acceptors (Lipinski definition) is 4. The lowest BCUT2D eigenvalue weighted by Gasteiger charge is -2.22. The van der Waals surface area contributed by atoms with Crippen molar-refractivity contribution in [1.29, 1.82) is 0 Å². The van der Waals surface area contributed by atoms with Crippen LogP contribution in [0.1, 0.15) is 17.2 Å². The van der Waals surface area contributed by atoms with Crippen molar-refractivity contribution < 1.29 is 4.92 Å². The van der Waals surface area contributed by atoms with Gasteiger partial charge in [0.15, 0.2) is 0 Å². The first kappa shape index (κ1) is 12.6. The van der Waals surface area contributed by atoms with Crippen molar-refractivity contribution in [3.63, 3.8) is 0 Å². The smallest absolute Gasteiger partial charge is 0.273 e. The molecule has 1 atom stereocenters. The molecule has 2 heterocycles. The van der Waals surface area contributed by atoms with Crippen molar-refractivity contribution in [1.82, 2.24) is 4.98 Å². The number of pyridine rings is 1. The second-order valence-electron chi connectivity index (χ2n) is 4.40. The predicted octanol–water partition coefficient (Wildman–Crippen LogP) is 3.52. The van der Waals surface area contributed by atoms with Crippen molar-refractivity contribution in [2.24, 2.45) is 0 Å². The van der Waals surface area contributed by atoms with Gasteiger partial charge >= 0.3 is 0 Å². The number of fused-ring (bicyclic) bond motifs is 1. The quantitative estimate of drug-likeness (QED) is 0.678. The molecule has 1 aromatic carbocycles. The molecule has 1 aliphatic heterocycles. The van der Waals surface area contributed by atoms with E-state index >= 15 is 0 Å². The number of rotatable bonds is 2. The van der Waals surface area contributed by atoms with E-state index in [1.165, 1.54) is 0 Å². The molecule has 5 nitrogen and oxygen atoms in total. The third-order valence-electron chi connectivity index (χ3n) is 3.13. The van der Waals surface area contributed by atoms with Crippen LogP contribution in [0, 0.1) is 10.1 Å². The van der Waals surface area contributed by atoms with E-state index in [4.69, 9.17) is 11.6 Å². The van der Waals surface area contributed by atoms with Gasteiger partial charge in [-0.1, -0.05) is 23.7 Å². The van der Waals surface area contributed by atoms with Gasteiger partial charge in [-0.3, -0.25) is 10.1 Å². The molecule has 0 amide bonds. The molecule has 20 heavy (non-hydrogen) atoms. The second kappa shape index (κ2) is 4.94. The van der Waals surface area contributed by atoms with Crippen molar-refractivity contribution in [2.45, 2.75) is 6.04 Å². The Morgan fingerprint density at radius 3 is 2.70 bits per heavy atom. The molecule has 0 saturated carbocycles. The highest BCUT2D eigenvalue weighted by atomic mass is 35.5. The standard InChI is InChI=1S/C14H10ClN3O2/c15-11-5-3-9(4-6-11)13-12(18(19)20)8-10-2-1-7-16-14(10)17-13/h1-8,13H,(H,16,17). The number of halogens is 1. The Bertz CT molecular complexity index is 698. The molecule has 1 unspecified atom stereocenters. The molecule has 0 radical (unpaired) electrons. The van der Waals surface area contributed by atoms with E-state index in [2.05, 4.69) is 10.3 Å². The maximum atomic E-state index is 11.3. The monoisotopic (exact) mass is 287 g/mol. The zero-order valence-corrected chi connectivity index (χ0v) is 11.0. The van der Waals surface area contributed by atoms with E-state index < -0.39 is 6.04 Å². The summed E-state index contributed by atoms with van der Waals surface area (Å²) in [6.45, 7) is 0. The number of nitro groups is 1. The molecule has 1 N–H and O–H groups in total. The molecule has 0 aliphatic carbocycles. The highest BCUT2D eigenvalue weighted by molar-refractivity contribution is 6.30. The Balaban J connectivity index is 2.08. The van der Waals surface area contributed by atoms with E-state index in [1.54, 1.807) is 48.7 Å². The van der Waals surface area contributed by atoms with E-state index in [0.29, 0.717) is 16.4 Å². The Kier molecular flexibility index (Phi) is 3.12. The largest absolute Gasteiger partial charge is 0.353 e. The second-order valence-corrected chi connectivity index (χ2v) is 4.83. The van der Waals surface area contributed by atoms with E-state index in [1.807, 2.05) is 0 Å². The fourth-order valence-corrected chi connectivity index (χ4v) is 2.30. The SMILES string of the molecule is O=[N+]([O-])C1=Cc2cccnc2NC1c1ccc(Cl)cc1. The Labute approximate surface area is 120 Å². The van der Waals surface area contributed by atoms with Gasteiger partial charge in [0.1, 0.15) is 11.9 Å². The van der Waals surface area contributed by atoms with Crippen LogP contribution in [0.15, 0.2) is 48.3 Å². The first-order valence-corrected chi connectivity index (χ1v) is 6.36. The summed E-state index contributed by atoms with van der Waals surface area (Å²) < 4.78 is 0. The van der Waals surface area contributed by atoms with Crippen LogP contribution in [0.2, 0.25) is 5.02 Å². The summed E-state index contributed by atoms with van der Waals surface area (Å²) in [5, 5.41) is 15.0. The minimum absolute atomic E-state index is 0.0906. The minimum Gasteiger partial charge on any atom is -0.353 e. The number of nitrogens with zero attached hydrogens (tertiary/aromatic N) is 2. The summed E-state index contributed by atoms with van der Waals surface area (Å²) in [6.07, 6.45) is 3.20. The molecule has 0 fully saturated rings. The van der Waals surface area contributed by atoms with Crippen LogP contribution in [-0.4, -0.2) is 9.91 Å². The highest BCUT2D eigenvalue weighted by Gasteiger charge is 2.31. The summed E-state index contributed by atoms with van der Waals surface area (Å²) in [4.78, 5) is 15.1. The lowest BCUT2D eigenvalue weighted by Crippen LogP contribution is -2.22. The molecule has 0 bridgehead atoms. The number of nitrogens with one attached hydrogen (secondary N) is 1. The predicted molar refractivity (Wildman–Crippen MR) is 77.0 cm³/mol. The van der Waals surface area contributed by atoms with Gasteiger partial charge < -0.3 is 5.32 Å². The molecule has 1 aliphatic rings. The van der Waals surface area contributed by atoms with Gasteiger partial charge in [-0.15, -0.1) is 0 Å². The normalized spacial score (nSPS) is 16.9. The summed E-state index contributed by atoms with van der Waals surface area (Å²) >= 11 is 5.85. The van der Waals surface area contributed by atoms with E-state index in [0.717, 1.165) is 5.56 Å². The van der Waals surface area contributed by atoms with E-state index in [9.17, 15) is 10.1 Å². The number of benzene rings is 1. The molecule has 3 rings (SSSR count). The lowest BCUT2D eigenvalue weighted by atomic mass is 9.99. The van der Waals surface area contributed by atoms with Gasteiger partial charge in [-0.25, -0.2) is 4.98 Å². The van der Waals surface area contributed by atoms with Crippen LogP contribution < -0.4 is 5.32 Å². The van der Waals surface area contributed by atoms with Crippen LogP contribution in [0.3, 0.4) is 0 Å². The highest BCUT2D eigenvalue weighted by Crippen LogP contribution is 2.34. The average molecular weight is 288 g/mol. The molecular weight excluding hydrogens is 278 g/mol. The van der Waals surface area contributed by atoms with Crippen LogP contribution >= 0.6 is 11.6 Å². The third-order valence-corrected chi connectivity index (χ3v) is 3.39. The Hall–Kier alpha value is -2.40. The zero-order chi connectivity index (χ0) is 14.1. The van der Waals surface area contributed by atoms with Crippen LogP contribution in [0.25, 0.3) is 6.08 Å². The number of aromatic nitrogens is 1. The lowest BCUT2D eigenvalue weighted by molar-refractivity contribution is -0.427. The van der Waals surface area contributed by atoms with Crippen LogP contribution in [-0.2, 0) is 0 Å². The molecule has 2 aromatic rings. The van der Waals surface area contributed by atoms with Gasteiger partial charge in [0.25, 0.3) is 5.70 Å². The average Bonchev–Trinajstić information content (AvgIpc) is 2.46. The van der Waals surface area contributed by atoms with Crippen LogP contribution in [0.5, 0.6) is 0 Å². The van der Waals surface area contributed by atoms with Gasteiger partial charge in [0.05, 0.1) is 4.92 Å². The summed E-state index contributed by atoms with van der Waals surface area (Å²) in [5.74, 6) is 0.637. The van der Waals surface area contributed by atoms with Gasteiger partial charge in [-0.05, 0) is 29.8 Å². The summed E-state index contributed by atoms with van der Waals surface area (Å²) in [7, 11) is 0. The first-order valence-electron chi connectivity index (χ1n) is 5.98. The minimum atomic E-state index is -0.537. The van der Waals surface area contributed by atoms with Gasteiger partial charge in [0, 0.05) is 22.9 Å². The summed E-state index contributed by atoms with van der Waals surface area (Å²) in [6, 6.07) is 9.96. The van der Waals surface area contributed by atoms with Crippen LogP contribution in [0.4, 0.5) is 5.82 Å². The van der Waals surface area contributed by atoms with Gasteiger partial charge in [-0.2, -0.15) is 0 Å². The fraction of sp³-hybridized carbons (Fsp3) is 0.0714. The van der Waals surface area contributed by atoms with Crippen molar-refractivity contribution >= 4 is 23.5 Å². The summed E-state index contributed by atoms with van der Waals surface area (Å²) in [5.41, 5.74) is 1.57. The Morgan fingerprint density at radius 2 is 2.00 bits per heavy atom. The molecule has 100 valence electrons. The fourth-order valence-electron chi connectivity index (χ4n) is 2.18. The first-order chi connectivity index (χ1) is 9.65. The zero-order valence-electron chi connectivity index (χ0n) is 10.3. The van der Waals surface area contributed by atoms with Crippen molar-refractivity contribution in [3.05, 3.63) is 74.6 Å². The van der Waals surface area contributed by atoms with Crippen molar-refractivity contribution in [2.75, 3.05) is 5.32 Å². The van der Waals surface area contributed by atoms with E-state index in [-0.39, 0.29) is 10.6 Å². The molecule has 1 aromatic heterocycles. The number of hydrogen-bond donors (Lipinski definition) is 1. The molecular formula is C14H10ClN3O2. The third kappa shape index (κ3) is 2.23. The number of anilines is 1. The maximum Gasteiger partial charge on any atom is 0.273 e. The van der Waals surface area contributed by atoms with Crippen molar-refractivity contribution in [3.8, 4) is 0 Å². The maximum absolute atomic E-state index is 11.3. The van der Waals surface area contributed by atoms with Gasteiger partial charge in [0.2, 0.25) is 0 Å². The molecule has 6 heteroatoms. The molecule has 0 spiro atoms.